The number of ketones is 1. The molecule has 9 N–H and O–H groups in total. The number of aliphatic hydroxyl groups is 3. The Morgan fingerprint density at radius 1 is 0.979 bits per heavy atom. The first-order chi connectivity index (χ1) is 22.6. The average Bonchev–Trinajstić information content (AvgIpc) is 3.63. The number of benzene rings is 2. The number of carbonyl (C=O) groups is 1. The first kappa shape index (κ1) is 36.2. The highest BCUT2D eigenvalue weighted by Gasteiger charge is 2.27. The molecule has 256 valence electrons. The van der Waals surface area contributed by atoms with Crippen molar-refractivity contribution in [2.75, 3.05) is 0 Å². The van der Waals surface area contributed by atoms with E-state index in [2.05, 4.69) is 11.9 Å². The molecule has 0 aliphatic heterocycles. The summed E-state index contributed by atoms with van der Waals surface area (Å²) >= 11 is 0. The fraction of sp³-hybridized carbons (Fsp3) is 0.486. The number of Topliss-reactive ketones (excluding diaryl/α,β-unsaturated/α-hetero) is 1. The van der Waals surface area contributed by atoms with Gasteiger partial charge >= 0.3 is 0 Å². The second-order valence-electron chi connectivity index (χ2n) is 12.7. The summed E-state index contributed by atoms with van der Waals surface area (Å²) in [6.45, 7) is 4.16. The zero-order chi connectivity index (χ0) is 33.9. The summed E-state index contributed by atoms with van der Waals surface area (Å²) < 4.78 is 7.89. The molecule has 4 rings (SSSR count). The molecule has 2 aromatic carbocycles. The lowest BCUT2D eigenvalue weighted by Crippen LogP contribution is -2.32. The van der Waals surface area contributed by atoms with Crippen molar-refractivity contribution in [1.29, 1.82) is 0 Å². The van der Waals surface area contributed by atoms with Gasteiger partial charge in [-0.1, -0.05) is 63.8 Å². The van der Waals surface area contributed by atoms with Crippen molar-refractivity contribution in [2.24, 2.45) is 17.4 Å². The number of aromatic hydroxyl groups is 1. The molecule has 0 fully saturated rings. The van der Waals surface area contributed by atoms with Crippen LogP contribution >= 0.6 is 0 Å². The van der Waals surface area contributed by atoms with Crippen LogP contribution in [0.25, 0.3) is 10.9 Å². The van der Waals surface area contributed by atoms with Crippen molar-refractivity contribution in [2.45, 2.75) is 110 Å². The molecular weight excluding hydrogens is 596 g/mol. The van der Waals surface area contributed by atoms with E-state index in [0.29, 0.717) is 31.4 Å². The minimum atomic E-state index is -0.862. The number of unbranched alkanes of at least 4 members (excludes halogenated alkanes) is 2. The standard InChI is InChI=1S/C37H52N4O6/c1-3-5-6-8-30(35(46)18-29(43)7-4-2)33(44)13-9-24-10-14-34(45)36(15-24)47-23-41-20-31-28(19-40-32(31)21-41)17-27-16-25(37(38)39)11-12-26(27)22-42/h10-12,14-16,19-21,29-30,35,37,40,42-43,45-46H,3-9,13,17-18,22-23,38-39H2,1-2H3. The van der Waals surface area contributed by atoms with E-state index in [1.807, 2.05) is 48.3 Å². The Hall–Kier alpha value is -3.67. The van der Waals surface area contributed by atoms with E-state index in [1.54, 1.807) is 18.2 Å². The number of nitrogens with zero attached hydrogens (tertiary/aromatic N) is 1. The van der Waals surface area contributed by atoms with Gasteiger partial charge in [-0.25, -0.2) is 0 Å². The van der Waals surface area contributed by atoms with Crippen molar-refractivity contribution in [1.82, 2.24) is 9.55 Å². The molecule has 2 aromatic heterocycles. The minimum absolute atomic E-state index is 0.00484. The number of aliphatic hydroxyl groups excluding tert-OH is 3. The summed E-state index contributed by atoms with van der Waals surface area (Å²) in [5.74, 6) is -0.181. The van der Waals surface area contributed by atoms with Crippen molar-refractivity contribution in [3.05, 3.63) is 82.8 Å². The molecule has 0 saturated carbocycles. The van der Waals surface area contributed by atoms with Gasteiger partial charge in [-0.2, -0.15) is 0 Å². The summed E-state index contributed by atoms with van der Waals surface area (Å²) in [6, 6.07) is 10.7. The molecule has 0 radical (unpaired) electrons. The molecule has 0 saturated heterocycles. The number of fused-ring (bicyclic) bond motifs is 1. The number of hydrogen-bond donors (Lipinski definition) is 7. The number of phenolic OH excluding ortho intramolecular Hbond substituents is 1. The summed E-state index contributed by atoms with van der Waals surface area (Å²) in [4.78, 5) is 16.6. The van der Waals surface area contributed by atoms with Crippen LogP contribution in [0.2, 0.25) is 0 Å². The molecule has 0 aliphatic rings. The van der Waals surface area contributed by atoms with Gasteiger partial charge in [0.05, 0.1) is 30.5 Å². The van der Waals surface area contributed by atoms with Crippen LogP contribution in [0, 0.1) is 5.92 Å². The number of aromatic nitrogens is 2. The Labute approximate surface area is 277 Å². The molecule has 3 atom stereocenters. The summed E-state index contributed by atoms with van der Waals surface area (Å²) in [6.07, 6.45) is 10.2. The molecule has 0 aliphatic carbocycles. The van der Waals surface area contributed by atoms with Gasteiger partial charge in [-0.05, 0) is 72.1 Å². The molecule has 47 heavy (non-hydrogen) atoms. The molecule has 3 unspecified atom stereocenters. The number of H-pyrrole nitrogens is 1. The highest BCUT2D eigenvalue weighted by atomic mass is 16.5. The Morgan fingerprint density at radius 3 is 2.51 bits per heavy atom. The van der Waals surface area contributed by atoms with E-state index in [4.69, 9.17) is 16.2 Å². The first-order valence-electron chi connectivity index (χ1n) is 16.9. The quantitative estimate of drug-likeness (QED) is 0.0497. The largest absolute Gasteiger partial charge is 0.504 e. The Kier molecular flexibility index (Phi) is 13.4. The molecule has 0 amide bonds. The van der Waals surface area contributed by atoms with Crippen molar-refractivity contribution in [3.8, 4) is 11.5 Å². The van der Waals surface area contributed by atoms with Gasteiger partial charge in [-0.15, -0.1) is 0 Å². The second kappa shape index (κ2) is 17.5. The fourth-order valence-corrected chi connectivity index (χ4v) is 6.22. The third kappa shape index (κ3) is 9.92. The molecule has 0 bridgehead atoms. The Morgan fingerprint density at radius 2 is 1.79 bits per heavy atom. The van der Waals surface area contributed by atoms with E-state index in [0.717, 1.165) is 64.4 Å². The van der Waals surface area contributed by atoms with E-state index in [1.165, 1.54) is 0 Å². The number of nitrogens with one attached hydrogen (secondary N) is 1. The van der Waals surface area contributed by atoms with Crippen LogP contribution < -0.4 is 16.2 Å². The lowest BCUT2D eigenvalue weighted by atomic mass is 9.85. The smallest absolute Gasteiger partial charge is 0.165 e. The molecule has 2 heterocycles. The van der Waals surface area contributed by atoms with E-state index >= 15 is 0 Å². The lowest BCUT2D eigenvalue weighted by Gasteiger charge is -2.24. The topological polar surface area (TPSA) is 180 Å². The molecular formula is C37H52N4O6. The van der Waals surface area contributed by atoms with E-state index < -0.39 is 24.3 Å². The number of phenols is 1. The van der Waals surface area contributed by atoms with Crippen LogP contribution in [0.4, 0.5) is 0 Å². The maximum atomic E-state index is 13.3. The Balaban J connectivity index is 1.39. The van der Waals surface area contributed by atoms with Crippen LogP contribution in [0.15, 0.2) is 55.0 Å². The predicted molar refractivity (Wildman–Crippen MR) is 184 cm³/mol. The maximum Gasteiger partial charge on any atom is 0.165 e. The minimum Gasteiger partial charge on any atom is -0.504 e. The molecule has 4 aromatic rings. The summed E-state index contributed by atoms with van der Waals surface area (Å²) in [7, 11) is 0. The van der Waals surface area contributed by atoms with Gasteiger partial charge in [0, 0.05) is 36.3 Å². The van der Waals surface area contributed by atoms with Gasteiger partial charge in [-0.3, -0.25) is 4.79 Å². The van der Waals surface area contributed by atoms with Crippen LogP contribution in [0.1, 0.15) is 99.2 Å². The molecule has 0 spiro atoms. The normalized spacial score (nSPS) is 13.7. The zero-order valence-electron chi connectivity index (χ0n) is 27.7. The van der Waals surface area contributed by atoms with E-state index in [9.17, 15) is 25.2 Å². The lowest BCUT2D eigenvalue weighted by molar-refractivity contribution is -0.127. The van der Waals surface area contributed by atoms with Crippen molar-refractivity contribution < 1.29 is 30.0 Å². The number of nitrogens with two attached hydrogens (primary N) is 2. The van der Waals surface area contributed by atoms with Crippen LogP contribution in [0.5, 0.6) is 11.5 Å². The van der Waals surface area contributed by atoms with Crippen LogP contribution in [-0.2, 0) is 31.0 Å². The van der Waals surface area contributed by atoms with Crippen LogP contribution in [0.3, 0.4) is 0 Å². The number of carbonyl (C=O) groups excluding carboxylic acids is 1. The summed E-state index contributed by atoms with van der Waals surface area (Å²) in [5.41, 5.74) is 17.1. The Bertz CT molecular complexity index is 1580. The van der Waals surface area contributed by atoms with Gasteiger partial charge < -0.3 is 46.2 Å². The fourth-order valence-electron chi connectivity index (χ4n) is 6.22. The van der Waals surface area contributed by atoms with Gasteiger partial charge in [0.15, 0.2) is 18.2 Å². The average molecular weight is 649 g/mol. The third-order valence-electron chi connectivity index (χ3n) is 8.98. The second-order valence-corrected chi connectivity index (χ2v) is 12.7. The number of aromatic amines is 1. The number of ether oxygens (including phenoxy) is 1. The predicted octanol–water partition coefficient (Wildman–Crippen LogP) is 5.32. The van der Waals surface area contributed by atoms with E-state index in [-0.39, 0.29) is 37.7 Å². The molecule has 10 heteroatoms. The zero-order valence-corrected chi connectivity index (χ0v) is 27.7. The van der Waals surface area contributed by atoms with Crippen molar-refractivity contribution in [3.63, 3.8) is 0 Å². The van der Waals surface area contributed by atoms with Crippen LogP contribution in [-0.4, -0.2) is 48.0 Å². The van der Waals surface area contributed by atoms with Gasteiger partial charge in [0.2, 0.25) is 0 Å². The summed E-state index contributed by atoms with van der Waals surface area (Å²) in [5, 5.41) is 42.5. The SMILES string of the molecule is CCCCCC(C(=O)CCc1ccc(O)c(OCn2cc3[nH]cc(Cc4cc(C(N)N)ccc4CO)c3c2)c1)C(O)CC(O)CCC. The monoisotopic (exact) mass is 648 g/mol. The maximum absolute atomic E-state index is 13.3. The van der Waals surface area contributed by atoms with Gasteiger partial charge in [0.1, 0.15) is 5.78 Å². The van der Waals surface area contributed by atoms with Gasteiger partial charge in [0.25, 0.3) is 0 Å². The third-order valence-corrected chi connectivity index (χ3v) is 8.98. The first-order valence-corrected chi connectivity index (χ1v) is 16.9. The number of rotatable bonds is 20. The number of hydrogen-bond acceptors (Lipinski definition) is 8. The highest BCUT2D eigenvalue weighted by Crippen LogP contribution is 2.30. The highest BCUT2D eigenvalue weighted by molar-refractivity contribution is 5.83. The van der Waals surface area contributed by atoms with Crippen molar-refractivity contribution >= 4 is 16.7 Å². The molecule has 10 nitrogen and oxygen atoms in total. The number of aryl methyl sites for hydroxylation is 1.